The monoisotopic (exact) mass is 541 g/mol. The van der Waals surface area contributed by atoms with Crippen molar-refractivity contribution in [1.82, 2.24) is 0 Å². The highest BCUT2D eigenvalue weighted by Crippen LogP contribution is 2.45. The molecule has 4 rings (SSSR count). The van der Waals surface area contributed by atoms with E-state index in [1.54, 1.807) is 0 Å². The molecule has 8 heteroatoms. The number of amidine groups is 2. The maximum absolute atomic E-state index is 11.2. The van der Waals surface area contributed by atoms with Gasteiger partial charge in [0.1, 0.15) is 5.54 Å². The van der Waals surface area contributed by atoms with Crippen LogP contribution in [0.2, 0.25) is 5.02 Å². The topological polar surface area (TPSA) is 65.3 Å². The Hall–Kier alpha value is -1.58. The molecule has 2 aromatic rings. The summed E-state index contributed by atoms with van der Waals surface area (Å²) in [6, 6.07) is 17.4. The average Bonchev–Trinajstić information content (AvgIpc) is 3.29. The smallest absolute Gasteiger partial charge is 0.313 e. The molecule has 1 fully saturated rings. The number of carboxylic acids is 1. The van der Waals surface area contributed by atoms with Gasteiger partial charge in [0.25, 0.3) is 0 Å². The molecular formula is C21H21ClIN3O2S. The Balaban J connectivity index is 0.00000240. The standard InChI is InChI=1S/C21H20ClN3O2S.HI/c22-15-8-10-16(11-9-15)23-19-21(12-4-5-13-21)25(17-6-2-1-3-7-17)20(24-19)28-14-18(26)27;/h1-3,6-11H,4-5,12-14H2,(H,26,27);1H. The van der Waals surface area contributed by atoms with E-state index in [1.807, 2.05) is 54.6 Å². The third kappa shape index (κ3) is 4.62. The van der Waals surface area contributed by atoms with Crippen molar-refractivity contribution in [1.29, 1.82) is 0 Å². The number of halogens is 2. The summed E-state index contributed by atoms with van der Waals surface area (Å²) in [5, 5.41) is 10.5. The maximum Gasteiger partial charge on any atom is 0.313 e. The number of carbonyl (C=O) groups is 1. The highest BCUT2D eigenvalue weighted by Gasteiger charge is 2.51. The molecular weight excluding hydrogens is 521 g/mol. The second-order valence-corrected chi connectivity index (χ2v) is 8.28. The van der Waals surface area contributed by atoms with Gasteiger partial charge in [-0.1, -0.05) is 54.4 Å². The quantitative estimate of drug-likeness (QED) is 0.483. The molecule has 0 amide bonds. The largest absolute Gasteiger partial charge is 0.481 e. The highest BCUT2D eigenvalue weighted by molar-refractivity contribution is 14.0. The lowest BCUT2D eigenvalue weighted by atomic mass is 9.94. The molecule has 2 aliphatic rings. The normalized spacial score (nSPS) is 18.7. The molecule has 2 aromatic carbocycles. The first-order valence-corrected chi connectivity index (χ1v) is 10.6. The number of hydrogen-bond acceptors (Lipinski definition) is 4. The van der Waals surface area contributed by atoms with Crippen molar-refractivity contribution in [3.63, 3.8) is 0 Å². The molecule has 0 bridgehead atoms. The number of aliphatic imine (C=N–C) groups is 2. The maximum atomic E-state index is 11.2. The van der Waals surface area contributed by atoms with Gasteiger partial charge in [-0.3, -0.25) is 4.79 Å². The number of hydrogen-bond donors (Lipinski definition) is 1. The zero-order valence-electron chi connectivity index (χ0n) is 15.6. The molecule has 1 spiro atoms. The van der Waals surface area contributed by atoms with Crippen LogP contribution in [0.4, 0.5) is 11.4 Å². The third-order valence-electron chi connectivity index (χ3n) is 5.07. The van der Waals surface area contributed by atoms with E-state index in [1.165, 1.54) is 11.8 Å². The van der Waals surface area contributed by atoms with E-state index in [2.05, 4.69) is 4.90 Å². The summed E-state index contributed by atoms with van der Waals surface area (Å²) in [6.07, 6.45) is 4.06. The number of aliphatic carboxylic acids is 1. The Morgan fingerprint density at radius 3 is 2.41 bits per heavy atom. The van der Waals surface area contributed by atoms with Gasteiger partial charge in [0.15, 0.2) is 11.0 Å². The molecule has 0 unspecified atom stereocenters. The van der Waals surface area contributed by atoms with Crippen LogP contribution in [0.1, 0.15) is 25.7 Å². The van der Waals surface area contributed by atoms with E-state index in [4.69, 9.17) is 21.6 Å². The predicted octanol–water partition coefficient (Wildman–Crippen LogP) is 5.99. The van der Waals surface area contributed by atoms with E-state index in [0.29, 0.717) is 10.2 Å². The van der Waals surface area contributed by atoms with Crippen LogP contribution in [-0.2, 0) is 4.79 Å². The van der Waals surface area contributed by atoms with Crippen LogP contribution in [-0.4, -0.2) is 33.4 Å². The minimum absolute atomic E-state index is 0. The number of thioether (sulfide) groups is 1. The van der Waals surface area contributed by atoms with Gasteiger partial charge in [-0.2, -0.15) is 0 Å². The first kappa shape index (κ1) is 22.1. The Kier molecular flexibility index (Phi) is 7.23. The summed E-state index contributed by atoms with van der Waals surface area (Å²) in [7, 11) is 0. The summed E-state index contributed by atoms with van der Waals surface area (Å²) in [5.74, 6) is -0.139. The van der Waals surface area contributed by atoms with Crippen molar-refractivity contribution >= 4 is 75.7 Å². The lowest BCUT2D eigenvalue weighted by molar-refractivity contribution is -0.133. The van der Waals surface area contributed by atoms with Crippen LogP contribution in [0.25, 0.3) is 0 Å². The van der Waals surface area contributed by atoms with Gasteiger partial charge in [-0.15, -0.1) is 24.0 Å². The summed E-state index contributed by atoms with van der Waals surface area (Å²) >= 11 is 7.25. The number of carboxylic acid groups (broad SMARTS) is 1. The fourth-order valence-electron chi connectivity index (χ4n) is 3.86. The zero-order chi connectivity index (χ0) is 19.6. The summed E-state index contributed by atoms with van der Waals surface area (Å²) in [6.45, 7) is 0. The molecule has 0 aromatic heterocycles. The van der Waals surface area contributed by atoms with Crippen LogP contribution >= 0.6 is 47.3 Å². The van der Waals surface area contributed by atoms with Crippen molar-refractivity contribution < 1.29 is 9.90 Å². The summed E-state index contributed by atoms with van der Waals surface area (Å²) in [4.78, 5) is 23.1. The van der Waals surface area contributed by atoms with Crippen LogP contribution in [0.5, 0.6) is 0 Å². The molecule has 0 atom stereocenters. The Morgan fingerprint density at radius 1 is 1.14 bits per heavy atom. The van der Waals surface area contributed by atoms with E-state index < -0.39 is 5.97 Å². The number of nitrogens with zero attached hydrogens (tertiary/aromatic N) is 3. The van der Waals surface area contributed by atoms with Gasteiger partial charge in [0.05, 0.1) is 11.4 Å². The summed E-state index contributed by atoms with van der Waals surface area (Å²) in [5.41, 5.74) is 1.48. The van der Waals surface area contributed by atoms with E-state index in [9.17, 15) is 9.90 Å². The molecule has 152 valence electrons. The van der Waals surface area contributed by atoms with Crippen molar-refractivity contribution in [3.05, 3.63) is 59.6 Å². The molecule has 0 radical (unpaired) electrons. The molecule has 1 aliphatic heterocycles. The molecule has 1 aliphatic carbocycles. The molecule has 0 saturated heterocycles. The third-order valence-corrected chi connectivity index (χ3v) is 6.24. The van der Waals surface area contributed by atoms with Crippen LogP contribution in [0, 0.1) is 0 Å². The van der Waals surface area contributed by atoms with Crippen molar-refractivity contribution in [2.45, 2.75) is 31.2 Å². The molecule has 29 heavy (non-hydrogen) atoms. The zero-order valence-corrected chi connectivity index (χ0v) is 19.5. The van der Waals surface area contributed by atoms with Gasteiger partial charge in [-0.05, 0) is 49.2 Å². The van der Waals surface area contributed by atoms with Crippen molar-refractivity contribution in [2.75, 3.05) is 10.7 Å². The Morgan fingerprint density at radius 2 is 1.79 bits per heavy atom. The summed E-state index contributed by atoms with van der Waals surface area (Å²) < 4.78 is 0. The van der Waals surface area contributed by atoms with Crippen LogP contribution < -0.4 is 4.90 Å². The number of para-hydroxylation sites is 1. The van der Waals surface area contributed by atoms with Gasteiger partial charge < -0.3 is 10.0 Å². The fourth-order valence-corrected chi connectivity index (χ4v) is 4.80. The molecule has 5 nitrogen and oxygen atoms in total. The molecule has 1 heterocycles. The van der Waals surface area contributed by atoms with Gasteiger partial charge in [0.2, 0.25) is 0 Å². The van der Waals surface area contributed by atoms with Crippen LogP contribution in [0.15, 0.2) is 64.6 Å². The molecule has 1 N–H and O–H groups in total. The minimum Gasteiger partial charge on any atom is -0.481 e. The number of anilines is 1. The average molecular weight is 542 g/mol. The van der Waals surface area contributed by atoms with Gasteiger partial charge in [0, 0.05) is 10.7 Å². The predicted molar refractivity (Wildman–Crippen MR) is 132 cm³/mol. The Bertz CT molecular complexity index is 929. The second kappa shape index (κ2) is 9.49. The second-order valence-electron chi connectivity index (χ2n) is 6.90. The lowest BCUT2D eigenvalue weighted by Crippen LogP contribution is -2.49. The first-order chi connectivity index (χ1) is 13.6. The highest BCUT2D eigenvalue weighted by atomic mass is 127. The van der Waals surface area contributed by atoms with E-state index in [-0.39, 0.29) is 35.3 Å². The number of rotatable bonds is 4. The van der Waals surface area contributed by atoms with Crippen molar-refractivity contribution in [2.24, 2.45) is 9.98 Å². The van der Waals surface area contributed by atoms with Gasteiger partial charge >= 0.3 is 5.97 Å². The lowest BCUT2D eigenvalue weighted by Gasteiger charge is -2.36. The SMILES string of the molecule is I.O=C(O)CSC1=NC(=Nc2ccc(Cl)cc2)C2(CCCC2)N1c1ccccc1. The fraction of sp³-hybridized carbons (Fsp3) is 0.286. The van der Waals surface area contributed by atoms with E-state index >= 15 is 0 Å². The van der Waals surface area contributed by atoms with Crippen molar-refractivity contribution in [3.8, 4) is 0 Å². The first-order valence-electron chi connectivity index (χ1n) is 9.22. The Labute approximate surface area is 196 Å². The van der Waals surface area contributed by atoms with Crippen LogP contribution in [0.3, 0.4) is 0 Å². The van der Waals surface area contributed by atoms with Gasteiger partial charge in [-0.25, -0.2) is 9.98 Å². The minimum atomic E-state index is -0.857. The molecule has 1 saturated carbocycles. The van der Waals surface area contributed by atoms with E-state index in [0.717, 1.165) is 42.9 Å². The number of benzene rings is 2.